The normalized spacial score (nSPS) is 12.0. The molecule has 0 fully saturated rings. The van der Waals surface area contributed by atoms with Crippen LogP contribution in [0.1, 0.15) is 0 Å². The first kappa shape index (κ1) is 31.3. The predicted octanol–water partition coefficient (Wildman–Crippen LogP) is 5.75. The summed E-state index contributed by atoms with van der Waals surface area (Å²) in [7, 11) is 1.69. The molecule has 35 heavy (non-hydrogen) atoms. The van der Waals surface area contributed by atoms with E-state index in [1.807, 2.05) is 18.2 Å². The van der Waals surface area contributed by atoms with Gasteiger partial charge in [0.2, 0.25) is 5.76 Å². The van der Waals surface area contributed by atoms with Gasteiger partial charge in [-0.05, 0) is 36.4 Å². The summed E-state index contributed by atoms with van der Waals surface area (Å²) in [5.74, 6) is -5.02. The summed E-state index contributed by atoms with van der Waals surface area (Å²) in [6, 6.07) is 31.1. The number of allylic oxidation sites excluding steroid dienone is 2. The van der Waals surface area contributed by atoms with Crippen molar-refractivity contribution >= 4 is 28.8 Å². The fourth-order valence-corrected chi connectivity index (χ4v) is 6.00. The Morgan fingerprint density at radius 2 is 1.03 bits per heavy atom. The second-order valence-corrected chi connectivity index (χ2v) is 9.68. The molecule has 3 nitrogen and oxygen atoms in total. The second kappa shape index (κ2) is 13.5. The Morgan fingerprint density at radius 3 is 1.26 bits per heavy atom. The third-order valence-electron chi connectivity index (χ3n) is 4.41. The molecule has 0 amide bonds. The summed E-state index contributed by atoms with van der Waals surface area (Å²) in [5.41, 5.74) is 0. The van der Waals surface area contributed by atoms with Gasteiger partial charge < -0.3 is 9.30 Å². The molecule has 187 valence electrons. The van der Waals surface area contributed by atoms with Crippen LogP contribution < -0.4 is 15.9 Å². The Balaban J connectivity index is 0.000000383. The summed E-state index contributed by atoms with van der Waals surface area (Å²) in [5, 5.41) is 11.5. The molecule has 0 aliphatic carbocycles. The van der Waals surface area contributed by atoms with Gasteiger partial charge in [-0.25, -0.2) is 0 Å². The van der Waals surface area contributed by atoms with Crippen molar-refractivity contribution in [2.75, 3.05) is 0 Å². The number of benzene rings is 3. The van der Waals surface area contributed by atoms with Gasteiger partial charge in [-0.1, -0.05) is 54.6 Å². The van der Waals surface area contributed by atoms with Gasteiger partial charge in [-0.2, -0.15) is 26.3 Å². The smallest absolute Gasteiger partial charge is 0.504 e. The Bertz CT molecular complexity index is 1060. The van der Waals surface area contributed by atoms with Crippen LogP contribution in [0, 0.1) is 56.5 Å². The van der Waals surface area contributed by atoms with Crippen molar-refractivity contribution in [3.63, 3.8) is 0 Å². The van der Waals surface area contributed by atoms with E-state index < -0.39 is 37.1 Å². The maximum atomic E-state index is 11.4. The first-order chi connectivity index (χ1) is 15.9. The van der Waals surface area contributed by atoms with Crippen molar-refractivity contribution in [1.29, 1.82) is 0 Å². The summed E-state index contributed by atoms with van der Waals surface area (Å²) in [6.07, 6.45) is -11.4. The Hall–Kier alpha value is -1.74. The van der Waals surface area contributed by atoms with Gasteiger partial charge in [0.25, 0.3) is 7.14 Å². The number of aliphatic hydroxyl groups is 1. The summed E-state index contributed by atoms with van der Waals surface area (Å²) in [4.78, 5) is 7.97. The van der Waals surface area contributed by atoms with Crippen molar-refractivity contribution in [3.8, 4) is 0 Å². The van der Waals surface area contributed by atoms with Crippen molar-refractivity contribution in [3.05, 3.63) is 110 Å². The third-order valence-corrected chi connectivity index (χ3v) is 7.87. The number of alkyl halides is 6. The van der Waals surface area contributed by atoms with Gasteiger partial charge in [0.05, 0.1) is 29.1 Å². The molecule has 1 radical (unpaired) electrons. The zero-order valence-corrected chi connectivity index (χ0v) is 21.2. The number of hydrogen-bond donors (Lipinski definition) is 1. The van der Waals surface area contributed by atoms with Crippen LogP contribution in [0.15, 0.2) is 103 Å². The number of aliphatic hydroxyl groups excluding tert-OH is 1. The Kier molecular flexibility index (Phi) is 12.1. The largest absolute Gasteiger partial charge is 0.509 e. The molecule has 0 saturated heterocycles. The molecule has 2 N–H and O–H groups in total. The molecule has 0 bridgehead atoms. The SMILES string of the molecule is OC(=CC(=[OH+])C(F)(F)F)C(F)(F)F.[CH2-][O+]=P(c1ccccc1)(c1ccccc1)c1ccccc1.[Eu]. The summed E-state index contributed by atoms with van der Waals surface area (Å²) < 4.78 is 74.3. The van der Waals surface area contributed by atoms with E-state index in [9.17, 15) is 26.3 Å². The van der Waals surface area contributed by atoms with Crippen LogP contribution in [-0.4, -0.2) is 28.0 Å². The Labute approximate surface area is 239 Å². The molecule has 11 heteroatoms. The molecule has 0 unspecified atom stereocenters. The number of hydrogen-bond acceptors (Lipinski definition) is 1. The van der Waals surface area contributed by atoms with Gasteiger partial charge in [-0.3, -0.25) is 4.79 Å². The molecule has 0 atom stereocenters. The van der Waals surface area contributed by atoms with Gasteiger partial charge >= 0.3 is 18.1 Å². The van der Waals surface area contributed by atoms with Crippen molar-refractivity contribution in [2.45, 2.75) is 12.4 Å². The third kappa shape index (κ3) is 8.41. The molecule has 0 saturated carbocycles. The fourth-order valence-electron chi connectivity index (χ4n) is 2.88. The number of carbonyl (C=O) groups excluding carboxylic acids is 1. The molecule has 0 spiro atoms. The van der Waals surface area contributed by atoms with Crippen LogP contribution in [0.3, 0.4) is 0 Å². The maximum absolute atomic E-state index is 11.4. The molecule has 0 aliphatic rings. The zero-order chi connectivity index (χ0) is 25.4. The number of ketones is 1. The van der Waals surface area contributed by atoms with E-state index in [2.05, 4.69) is 79.9 Å². The Morgan fingerprint density at radius 1 is 0.714 bits per heavy atom. The van der Waals surface area contributed by atoms with Crippen LogP contribution in [0.5, 0.6) is 0 Å². The van der Waals surface area contributed by atoms with E-state index in [0.29, 0.717) is 0 Å². The minimum absolute atomic E-state index is 0. The van der Waals surface area contributed by atoms with E-state index >= 15 is 0 Å². The van der Waals surface area contributed by atoms with Crippen LogP contribution in [0.2, 0.25) is 0 Å². The standard InChI is InChI=1S/C19H17OP.C5H2F6O2.Eu/c1-20-21(17-11-5-2-6-12-17,18-13-7-3-8-14-18)19-15-9-4-10-16-19;6-4(7,8)2(12)1-3(13)5(9,10)11;/h2-16H,1H2;1,12H;/p+1. The molecular weight excluding hydrogens is 633 g/mol. The maximum Gasteiger partial charge on any atom is 0.509 e. The molecule has 3 aromatic rings. The predicted molar refractivity (Wildman–Crippen MR) is 121 cm³/mol. The monoisotopic (exact) mass is 654 g/mol. The van der Waals surface area contributed by atoms with Gasteiger partial charge in [0.15, 0.2) is 0 Å². The second-order valence-electron chi connectivity index (χ2n) is 6.66. The van der Waals surface area contributed by atoms with E-state index in [0.717, 1.165) is 0 Å². The minimum Gasteiger partial charge on any atom is -0.504 e. The molecule has 0 heterocycles. The molecule has 0 aliphatic heterocycles. The van der Waals surface area contributed by atoms with E-state index in [4.69, 9.17) is 14.1 Å². The summed E-state index contributed by atoms with van der Waals surface area (Å²) >= 11 is 0. The average Bonchev–Trinajstić information content (AvgIpc) is 2.81. The van der Waals surface area contributed by atoms with Gasteiger partial charge in [0.1, 0.15) is 0 Å². The molecule has 3 rings (SSSR count). The quantitative estimate of drug-likeness (QED) is 0.0958. The fraction of sp³-hybridized carbons (Fsp3) is 0.0833. The van der Waals surface area contributed by atoms with Crippen LogP contribution in [0.25, 0.3) is 0 Å². The van der Waals surface area contributed by atoms with Crippen LogP contribution in [0.4, 0.5) is 26.3 Å². The molecular formula is C24H20EuF6O3P+. The topological polar surface area (TPSA) is 52.9 Å². The molecule has 3 aromatic carbocycles. The van der Waals surface area contributed by atoms with Crippen molar-refractivity contribution in [1.82, 2.24) is 0 Å². The van der Waals surface area contributed by atoms with Crippen LogP contribution in [-0.2, 0) is 4.20 Å². The van der Waals surface area contributed by atoms with Gasteiger partial charge in [-0.15, -0.1) is 0 Å². The van der Waals surface area contributed by atoms with E-state index in [1.54, 1.807) is 0 Å². The minimum atomic E-state index is -5.31. The first-order valence-corrected chi connectivity index (χ1v) is 11.2. The zero-order valence-electron chi connectivity index (χ0n) is 17.8. The number of rotatable bonds is 4. The average molecular weight is 653 g/mol. The van der Waals surface area contributed by atoms with E-state index in [-0.39, 0.29) is 49.4 Å². The van der Waals surface area contributed by atoms with E-state index in [1.165, 1.54) is 15.9 Å². The van der Waals surface area contributed by atoms with Crippen molar-refractivity contribution < 1.29 is 89.8 Å². The summed E-state index contributed by atoms with van der Waals surface area (Å²) in [6.45, 7) is 0. The first-order valence-electron chi connectivity index (χ1n) is 9.53. The molecule has 0 aromatic heterocycles. The van der Waals surface area contributed by atoms with Crippen molar-refractivity contribution in [2.24, 2.45) is 0 Å². The van der Waals surface area contributed by atoms with Crippen LogP contribution >= 0.6 is 7.14 Å². The number of halogens is 6. The van der Waals surface area contributed by atoms with Gasteiger partial charge in [0, 0.05) is 49.4 Å².